The minimum Gasteiger partial charge on any atom is -0.483 e. The van der Waals surface area contributed by atoms with Crippen LogP contribution >= 0.6 is 0 Å². The average Bonchev–Trinajstić information content (AvgIpc) is 2.91. The molecule has 0 saturated carbocycles. The number of benzene rings is 1. The van der Waals surface area contributed by atoms with Gasteiger partial charge in [0.2, 0.25) is 5.91 Å². The van der Waals surface area contributed by atoms with E-state index < -0.39 is 17.3 Å². The van der Waals surface area contributed by atoms with Gasteiger partial charge in [-0.25, -0.2) is 0 Å². The molecule has 5 nitrogen and oxygen atoms in total. The smallest absolute Gasteiger partial charge is 0.416 e. The van der Waals surface area contributed by atoms with E-state index in [1.165, 1.54) is 18.0 Å². The molecule has 0 spiro atoms. The second-order valence-corrected chi connectivity index (χ2v) is 7.11. The number of halogens is 3. The number of alkyl halides is 3. The van der Waals surface area contributed by atoms with E-state index in [4.69, 9.17) is 4.74 Å². The molecule has 3 rings (SSSR count). The largest absolute Gasteiger partial charge is 0.483 e. The van der Waals surface area contributed by atoms with Crippen molar-refractivity contribution in [2.24, 2.45) is 0 Å². The number of fused-ring (bicyclic) bond motifs is 1. The van der Waals surface area contributed by atoms with E-state index in [-0.39, 0.29) is 18.0 Å². The van der Waals surface area contributed by atoms with Gasteiger partial charge in [-0.05, 0) is 38.5 Å². The molecule has 2 aliphatic heterocycles. The van der Waals surface area contributed by atoms with Crippen molar-refractivity contribution in [1.82, 2.24) is 9.96 Å². The van der Waals surface area contributed by atoms with Gasteiger partial charge in [-0.2, -0.15) is 18.2 Å². The SMILES string of the molecule is CN(O)CC1=C(N2CCCC2=O)c2cc(C(F)(F)F)ccc2OC1(C)C. The maximum atomic E-state index is 13.2. The Kier molecular flexibility index (Phi) is 4.52. The molecule has 0 unspecified atom stereocenters. The van der Waals surface area contributed by atoms with Gasteiger partial charge < -0.3 is 14.8 Å². The number of hydrogen-bond acceptors (Lipinski definition) is 4. The molecule has 1 aromatic rings. The lowest BCUT2D eigenvalue weighted by Crippen LogP contribution is -2.42. The summed E-state index contributed by atoms with van der Waals surface area (Å²) in [5.41, 5.74) is -0.496. The summed E-state index contributed by atoms with van der Waals surface area (Å²) < 4.78 is 45.6. The van der Waals surface area contributed by atoms with Crippen molar-refractivity contribution in [3.8, 4) is 5.75 Å². The minimum absolute atomic E-state index is 0.0435. The Labute approximate surface area is 149 Å². The third-order valence-corrected chi connectivity index (χ3v) is 4.67. The summed E-state index contributed by atoms with van der Waals surface area (Å²) in [6.45, 7) is 4.01. The van der Waals surface area contributed by atoms with Gasteiger partial charge in [0.05, 0.1) is 17.8 Å². The Morgan fingerprint density at radius 2 is 2.04 bits per heavy atom. The molecule has 1 N–H and O–H groups in total. The predicted molar refractivity (Wildman–Crippen MR) is 88.4 cm³/mol. The maximum Gasteiger partial charge on any atom is 0.416 e. The van der Waals surface area contributed by atoms with Crippen LogP contribution in [0, 0.1) is 0 Å². The first-order valence-corrected chi connectivity index (χ1v) is 8.35. The van der Waals surface area contributed by atoms with Crippen LogP contribution in [0.2, 0.25) is 0 Å². The van der Waals surface area contributed by atoms with Crippen LogP contribution in [0.3, 0.4) is 0 Å². The molecule has 142 valence electrons. The molecule has 1 saturated heterocycles. The lowest BCUT2D eigenvalue weighted by molar-refractivity contribution is -0.137. The molecular formula is C18H21F3N2O3. The molecule has 1 amide bonds. The van der Waals surface area contributed by atoms with Crippen LogP contribution in [0.5, 0.6) is 5.75 Å². The number of hydroxylamine groups is 2. The molecular weight excluding hydrogens is 349 g/mol. The van der Waals surface area contributed by atoms with Gasteiger partial charge in [0.1, 0.15) is 11.4 Å². The van der Waals surface area contributed by atoms with Gasteiger partial charge in [-0.3, -0.25) is 4.79 Å². The molecule has 0 aromatic heterocycles. The molecule has 2 heterocycles. The quantitative estimate of drug-likeness (QED) is 0.827. The van der Waals surface area contributed by atoms with Crippen molar-refractivity contribution < 1.29 is 27.9 Å². The summed E-state index contributed by atoms with van der Waals surface area (Å²) in [6.07, 6.45) is -3.52. The Morgan fingerprint density at radius 1 is 1.35 bits per heavy atom. The number of nitrogens with zero attached hydrogens (tertiary/aromatic N) is 2. The summed E-state index contributed by atoms with van der Waals surface area (Å²) in [5.74, 6) is 0.154. The molecule has 8 heteroatoms. The minimum atomic E-state index is -4.50. The number of carbonyl (C=O) groups is 1. The van der Waals surface area contributed by atoms with E-state index in [1.807, 2.05) is 0 Å². The zero-order chi connectivity index (χ0) is 19.3. The zero-order valence-electron chi connectivity index (χ0n) is 14.9. The van der Waals surface area contributed by atoms with Gasteiger partial charge in [-0.1, -0.05) is 0 Å². The second kappa shape index (κ2) is 6.28. The molecule has 26 heavy (non-hydrogen) atoms. The van der Waals surface area contributed by atoms with Gasteiger partial charge >= 0.3 is 6.18 Å². The summed E-state index contributed by atoms with van der Waals surface area (Å²) in [5, 5.41) is 10.7. The fourth-order valence-corrected chi connectivity index (χ4v) is 3.45. The fourth-order valence-electron chi connectivity index (χ4n) is 3.45. The van der Waals surface area contributed by atoms with E-state index in [9.17, 15) is 23.2 Å². The number of likely N-dealkylation sites (tertiary alicyclic amines) is 1. The standard InChI is InChI=1S/C18H21F3N2O3/c1-17(2)13(10-22(3)25)16(23-8-4-5-15(23)24)12-9-11(18(19,20)21)6-7-14(12)26-17/h6-7,9,25H,4-5,8,10H2,1-3H3. The predicted octanol–water partition coefficient (Wildman–Crippen LogP) is 3.53. The van der Waals surface area contributed by atoms with E-state index >= 15 is 0 Å². The monoisotopic (exact) mass is 370 g/mol. The van der Waals surface area contributed by atoms with Crippen LogP contribution in [-0.4, -0.2) is 46.8 Å². The number of amides is 1. The van der Waals surface area contributed by atoms with Crippen molar-refractivity contribution in [2.45, 2.75) is 38.5 Å². The van der Waals surface area contributed by atoms with Gasteiger partial charge in [0.15, 0.2) is 0 Å². The van der Waals surface area contributed by atoms with Crippen molar-refractivity contribution in [3.63, 3.8) is 0 Å². The Bertz CT molecular complexity index is 769. The molecule has 1 aromatic carbocycles. The van der Waals surface area contributed by atoms with Crippen molar-refractivity contribution >= 4 is 11.6 Å². The van der Waals surface area contributed by atoms with Crippen LogP contribution in [0.15, 0.2) is 23.8 Å². The van der Waals surface area contributed by atoms with Crippen molar-refractivity contribution in [1.29, 1.82) is 0 Å². The molecule has 0 atom stereocenters. The third-order valence-electron chi connectivity index (χ3n) is 4.67. The van der Waals surface area contributed by atoms with E-state index in [1.54, 1.807) is 13.8 Å². The molecule has 0 aliphatic carbocycles. The lowest BCUT2D eigenvalue weighted by atomic mass is 9.88. The van der Waals surface area contributed by atoms with Crippen LogP contribution in [0.25, 0.3) is 5.70 Å². The summed E-state index contributed by atoms with van der Waals surface area (Å²) in [4.78, 5) is 13.9. The molecule has 2 aliphatic rings. The Balaban J connectivity index is 2.25. The number of ether oxygens (including phenoxy) is 1. The average molecular weight is 370 g/mol. The first kappa shape index (κ1) is 18.7. The summed E-state index contributed by atoms with van der Waals surface area (Å²) in [6, 6.07) is 3.28. The number of rotatable bonds is 3. The van der Waals surface area contributed by atoms with Crippen molar-refractivity contribution in [2.75, 3.05) is 20.1 Å². The number of hydrogen-bond donors (Lipinski definition) is 1. The van der Waals surface area contributed by atoms with Gasteiger partial charge in [0, 0.05) is 31.1 Å². The number of likely N-dealkylation sites (N-methyl/N-ethyl adjacent to an activating group) is 1. The Hall–Kier alpha value is -2.06. The van der Waals surface area contributed by atoms with E-state index in [2.05, 4.69) is 0 Å². The first-order chi connectivity index (χ1) is 12.0. The number of carbonyl (C=O) groups excluding carboxylic acids is 1. The maximum absolute atomic E-state index is 13.2. The highest BCUT2D eigenvalue weighted by molar-refractivity contribution is 5.91. The van der Waals surface area contributed by atoms with E-state index in [0.717, 1.165) is 17.2 Å². The summed E-state index contributed by atoms with van der Waals surface area (Å²) in [7, 11) is 1.44. The topological polar surface area (TPSA) is 53.0 Å². The molecule has 1 fully saturated rings. The highest BCUT2D eigenvalue weighted by Crippen LogP contribution is 2.45. The summed E-state index contributed by atoms with van der Waals surface area (Å²) >= 11 is 0. The van der Waals surface area contributed by atoms with Crippen LogP contribution in [-0.2, 0) is 11.0 Å². The lowest BCUT2D eigenvalue weighted by Gasteiger charge is -2.40. The van der Waals surface area contributed by atoms with E-state index in [0.29, 0.717) is 36.4 Å². The first-order valence-electron chi connectivity index (χ1n) is 8.35. The Morgan fingerprint density at radius 3 is 2.58 bits per heavy atom. The van der Waals surface area contributed by atoms with Gasteiger partial charge in [-0.15, -0.1) is 0 Å². The second-order valence-electron chi connectivity index (χ2n) is 7.11. The molecule has 0 bridgehead atoms. The molecule has 0 radical (unpaired) electrons. The van der Waals surface area contributed by atoms with Crippen LogP contribution < -0.4 is 4.74 Å². The van der Waals surface area contributed by atoms with Crippen LogP contribution in [0.4, 0.5) is 13.2 Å². The third kappa shape index (κ3) is 3.31. The highest BCUT2D eigenvalue weighted by atomic mass is 19.4. The highest BCUT2D eigenvalue weighted by Gasteiger charge is 2.41. The normalized spacial score (nSPS) is 19.8. The van der Waals surface area contributed by atoms with Crippen LogP contribution in [0.1, 0.15) is 37.8 Å². The zero-order valence-corrected chi connectivity index (χ0v) is 14.9. The fraction of sp³-hybridized carbons (Fsp3) is 0.500. The van der Waals surface area contributed by atoms with Gasteiger partial charge in [0.25, 0.3) is 0 Å². The van der Waals surface area contributed by atoms with Crippen molar-refractivity contribution in [3.05, 3.63) is 34.9 Å².